The van der Waals surface area contributed by atoms with E-state index in [4.69, 9.17) is 11.6 Å². The first-order valence-corrected chi connectivity index (χ1v) is 8.15. The summed E-state index contributed by atoms with van der Waals surface area (Å²) in [5.74, 6) is -2.74. The predicted molar refractivity (Wildman–Crippen MR) is 85.1 cm³/mol. The number of hydrogen-bond acceptors (Lipinski definition) is 4. The van der Waals surface area contributed by atoms with Crippen molar-refractivity contribution in [2.24, 2.45) is 0 Å². The molecule has 22 heavy (non-hydrogen) atoms. The summed E-state index contributed by atoms with van der Waals surface area (Å²) in [5.41, 5.74) is -0.729. The number of hydrogen-bond donors (Lipinski definition) is 1. The van der Waals surface area contributed by atoms with Crippen molar-refractivity contribution < 1.29 is 23.9 Å². The van der Waals surface area contributed by atoms with Crippen molar-refractivity contribution in [2.75, 3.05) is 11.4 Å². The maximum atomic E-state index is 14.4. The molecule has 1 N–H and O–H groups in total. The Bertz CT molecular complexity index is 684. The van der Waals surface area contributed by atoms with Crippen molar-refractivity contribution in [1.82, 2.24) is 0 Å². The molecule has 1 aromatic carbocycles. The van der Waals surface area contributed by atoms with Crippen LogP contribution in [0.4, 0.5) is 10.1 Å². The van der Waals surface area contributed by atoms with Crippen LogP contribution in [0.1, 0.15) is 23.7 Å². The molecule has 2 rings (SSSR count). The molecule has 1 saturated heterocycles. The van der Waals surface area contributed by atoms with Crippen molar-refractivity contribution >= 4 is 62.0 Å². The molecule has 0 saturated carbocycles. The SMILES string of the molecule is CC(=O)SC1CC(=O)N(c2c(C(=O)O)cc(Cl)c(Br)c2F)C1. The number of aromatic carboxylic acids is 1. The van der Waals surface area contributed by atoms with Gasteiger partial charge in [-0.15, -0.1) is 0 Å². The molecular weight excluding hydrogens is 401 g/mol. The Kier molecular flexibility index (Phi) is 5.14. The number of anilines is 1. The topological polar surface area (TPSA) is 74.7 Å². The first kappa shape index (κ1) is 17.2. The second-order valence-electron chi connectivity index (χ2n) is 4.63. The van der Waals surface area contributed by atoms with E-state index in [2.05, 4.69) is 15.9 Å². The van der Waals surface area contributed by atoms with Crippen LogP contribution in [-0.4, -0.2) is 33.9 Å². The Hall–Kier alpha value is -1.12. The van der Waals surface area contributed by atoms with Crippen LogP contribution in [0, 0.1) is 5.82 Å². The molecular formula is C13H10BrClFNO4S. The number of carboxylic acid groups (broad SMARTS) is 1. The zero-order valence-electron chi connectivity index (χ0n) is 11.2. The molecule has 1 aliphatic heterocycles. The summed E-state index contributed by atoms with van der Waals surface area (Å²) in [7, 11) is 0. The summed E-state index contributed by atoms with van der Waals surface area (Å²) in [4.78, 5) is 35.6. The Morgan fingerprint density at radius 2 is 2.18 bits per heavy atom. The lowest BCUT2D eigenvalue weighted by molar-refractivity contribution is -0.117. The molecule has 0 bridgehead atoms. The van der Waals surface area contributed by atoms with Gasteiger partial charge >= 0.3 is 5.97 Å². The van der Waals surface area contributed by atoms with Gasteiger partial charge in [0, 0.05) is 25.1 Å². The smallest absolute Gasteiger partial charge is 0.337 e. The minimum absolute atomic E-state index is 0.0446. The molecule has 0 radical (unpaired) electrons. The van der Waals surface area contributed by atoms with E-state index in [1.807, 2.05) is 0 Å². The molecule has 1 aromatic rings. The lowest BCUT2D eigenvalue weighted by Gasteiger charge is -2.20. The average molecular weight is 411 g/mol. The second kappa shape index (κ2) is 6.55. The fourth-order valence-electron chi connectivity index (χ4n) is 2.22. The van der Waals surface area contributed by atoms with Gasteiger partial charge in [-0.1, -0.05) is 23.4 Å². The summed E-state index contributed by atoms with van der Waals surface area (Å²) in [6.07, 6.45) is 0.0446. The van der Waals surface area contributed by atoms with Crippen LogP contribution in [0.3, 0.4) is 0 Å². The number of carboxylic acids is 1. The standard InChI is InChI=1S/C13H10BrClFNO4S/c1-5(18)22-6-2-9(19)17(4-6)12-7(13(20)21)3-8(15)10(14)11(12)16/h3,6H,2,4H2,1H3,(H,20,21). The Morgan fingerprint density at radius 3 is 2.73 bits per heavy atom. The quantitative estimate of drug-likeness (QED) is 0.774. The first-order chi connectivity index (χ1) is 10.2. The zero-order valence-corrected chi connectivity index (χ0v) is 14.4. The van der Waals surface area contributed by atoms with Gasteiger partial charge in [0.2, 0.25) is 5.91 Å². The third-order valence-electron chi connectivity index (χ3n) is 3.06. The number of rotatable bonds is 3. The number of carbonyl (C=O) groups is 3. The number of thioether (sulfide) groups is 1. The van der Waals surface area contributed by atoms with Crippen LogP contribution >= 0.6 is 39.3 Å². The minimum Gasteiger partial charge on any atom is -0.478 e. The van der Waals surface area contributed by atoms with Crippen LogP contribution in [0.2, 0.25) is 5.02 Å². The normalized spacial score (nSPS) is 17.9. The molecule has 118 valence electrons. The monoisotopic (exact) mass is 409 g/mol. The second-order valence-corrected chi connectivity index (χ2v) is 7.31. The van der Waals surface area contributed by atoms with E-state index in [0.29, 0.717) is 0 Å². The number of halogens is 3. The van der Waals surface area contributed by atoms with Crippen LogP contribution < -0.4 is 4.90 Å². The highest BCUT2D eigenvalue weighted by Crippen LogP contribution is 2.38. The van der Waals surface area contributed by atoms with Crippen LogP contribution in [0.25, 0.3) is 0 Å². The molecule has 1 aliphatic rings. The largest absolute Gasteiger partial charge is 0.478 e. The molecule has 1 fully saturated rings. The number of nitrogens with zero attached hydrogens (tertiary/aromatic N) is 1. The molecule has 1 unspecified atom stereocenters. The maximum absolute atomic E-state index is 14.4. The van der Waals surface area contributed by atoms with Crippen LogP contribution in [-0.2, 0) is 9.59 Å². The fraction of sp³-hybridized carbons (Fsp3) is 0.308. The Morgan fingerprint density at radius 1 is 1.55 bits per heavy atom. The summed E-state index contributed by atoms with van der Waals surface area (Å²) in [6.45, 7) is 1.44. The van der Waals surface area contributed by atoms with Gasteiger partial charge in [0.15, 0.2) is 10.9 Å². The lowest BCUT2D eigenvalue weighted by Crippen LogP contribution is -2.28. The molecule has 1 heterocycles. The first-order valence-electron chi connectivity index (χ1n) is 6.10. The van der Waals surface area contributed by atoms with E-state index in [1.54, 1.807) is 0 Å². The van der Waals surface area contributed by atoms with Crippen molar-refractivity contribution in [3.63, 3.8) is 0 Å². The van der Waals surface area contributed by atoms with Gasteiger partial charge < -0.3 is 10.0 Å². The average Bonchev–Trinajstić information content (AvgIpc) is 2.75. The van der Waals surface area contributed by atoms with E-state index in [-0.39, 0.29) is 38.5 Å². The molecule has 0 aliphatic carbocycles. The summed E-state index contributed by atoms with van der Waals surface area (Å²) in [5, 5.41) is 8.64. The maximum Gasteiger partial charge on any atom is 0.337 e. The van der Waals surface area contributed by atoms with Gasteiger partial charge in [0.25, 0.3) is 0 Å². The molecule has 9 heteroatoms. The van der Waals surface area contributed by atoms with E-state index in [1.165, 1.54) is 6.92 Å². The van der Waals surface area contributed by atoms with Crippen molar-refractivity contribution in [3.05, 3.63) is 26.9 Å². The van der Waals surface area contributed by atoms with Crippen molar-refractivity contribution in [2.45, 2.75) is 18.6 Å². The minimum atomic E-state index is -1.39. The lowest BCUT2D eigenvalue weighted by atomic mass is 10.1. The highest BCUT2D eigenvalue weighted by atomic mass is 79.9. The van der Waals surface area contributed by atoms with Crippen molar-refractivity contribution in [3.8, 4) is 0 Å². The number of amides is 1. The van der Waals surface area contributed by atoms with Gasteiger partial charge in [0.1, 0.15) is 0 Å². The molecule has 0 aromatic heterocycles. The van der Waals surface area contributed by atoms with Gasteiger partial charge in [-0.2, -0.15) is 0 Å². The summed E-state index contributed by atoms with van der Waals surface area (Å²) in [6, 6.07) is 1.09. The van der Waals surface area contributed by atoms with Gasteiger partial charge in [-0.3, -0.25) is 9.59 Å². The van der Waals surface area contributed by atoms with E-state index in [9.17, 15) is 23.9 Å². The van der Waals surface area contributed by atoms with E-state index < -0.39 is 23.3 Å². The highest BCUT2D eigenvalue weighted by molar-refractivity contribution is 9.10. The van der Waals surface area contributed by atoms with Crippen molar-refractivity contribution in [1.29, 1.82) is 0 Å². The summed E-state index contributed by atoms with van der Waals surface area (Å²) >= 11 is 9.69. The van der Waals surface area contributed by atoms with E-state index in [0.717, 1.165) is 22.7 Å². The highest BCUT2D eigenvalue weighted by Gasteiger charge is 2.36. The Balaban J connectivity index is 2.48. The molecule has 1 amide bonds. The fourth-order valence-corrected chi connectivity index (χ4v) is 3.63. The number of carbonyl (C=O) groups excluding carboxylic acids is 2. The molecule has 0 spiro atoms. The van der Waals surface area contributed by atoms with Crippen LogP contribution in [0.5, 0.6) is 0 Å². The van der Waals surface area contributed by atoms with Gasteiger partial charge in [0.05, 0.1) is 20.7 Å². The molecule has 1 atom stereocenters. The summed E-state index contributed by atoms with van der Waals surface area (Å²) < 4.78 is 14.3. The zero-order chi connectivity index (χ0) is 16.6. The Labute approximate surface area is 142 Å². The van der Waals surface area contributed by atoms with Crippen LogP contribution in [0.15, 0.2) is 10.5 Å². The molecule has 5 nitrogen and oxygen atoms in total. The third-order valence-corrected chi connectivity index (χ3v) is 5.34. The van der Waals surface area contributed by atoms with E-state index >= 15 is 0 Å². The van der Waals surface area contributed by atoms with Gasteiger partial charge in [-0.05, 0) is 22.0 Å². The third kappa shape index (κ3) is 3.28. The predicted octanol–water partition coefficient (Wildman–Crippen LogP) is 3.32. The number of benzene rings is 1. The van der Waals surface area contributed by atoms with Gasteiger partial charge in [-0.25, -0.2) is 9.18 Å².